The first-order chi connectivity index (χ1) is 4.47. The Labute approximate surface area is 55.6 Å². The molecule has 0 saturated carbocycles. The first kappa shape index (κ1) is 5.69. The van der Waals surface area contributed by atoms with E-state index in [1.165, 1.54) is 19.5 Å². The van der Waals surface area contributed by atoms with Crippen molar-refractivity contribution in [2.75, 3.05) is 26.3 Å². The molecule has 2 heteroatoms. The fourth-order valence-electron chi connectivity index (χ4n) is 1.76. The Morgan fingerprint density at radius 3 is 3.00 bits per heavy atom. The highest BCUT2D eigenvalue weighted by molar-refractivity contribution is 4.81. The van der Waals surface area contributed by atoms with Crippen LogP contribution in [0.1, 0.15) is 6.42 Å². The molecule has 0 aromatic heterocycles. The number of nitrogens with one attached hydrogen (secondary N) is 1. The molecule has 0 unspecified atom stereocenters. The van der Waals surface area contributed by atoms with Crippen molar-refractivity contribution in [3.05, 3.63) is 0 Å². The van der Waals surface area contributed by atoms with Crippen LogP contribution in [0, 0.1) is 11.8 Å². The van der Waals surface area contributed by atoms with E-state index in [1.807, 2.05) is 0 Å². The fraction of sp³-hybridized carbons (Fsp3) is 1.00. The lowest BCUT2D eigenvalue weighted by Gasteiger charge is -2.23. The molecule has 2 rings (SSSR count). The highest BCUT2D eigenvalue weighted by Gasteiger charge is 2.29. The topological polar surface area (TPSA) is 21.3 Å². The molecule has 1 N–H and O–H groups in total. The Morgan fingerprint density at radius 1 is 1.22 bits per heavy atom. The Balaban J connectivity index is 1.97. The zero-order valence-electron chi connectivity index (χ0n) is 5.60. The minimum atomic E-state index is 0.832. The summed E-state index contributed by atoms with van der Waals surface area (Å²) >= 11 is 0. The van der Waals surface area contributed by atoms with Gasteiger partial charge in [0.05, 0.1) is 6.61 Å². The number of fused-ring (bicyclic) bond motifs is 1. The van der Waals surface area contributed by atoms with Gasteiger partial charge in [0, 0.05) is 13.2 Å². The van der Waals surface area contributed by atoms with Crippen LogP contribution < -0.4 is 5.32 Å². The zero-order valence-corrected chi connectivity index (χ0v) is 5.60. The predicted molar refractivity (Wildman–Crippen MR) is 35.3 cm³/mol. The van der Waals surface area contributed by atoms with E-state index >= 15 is 0 Å². The molecule has 2 atom stereocenters. The van der Waals surface area contributed by atoms with E-state index in [2.05, 4.69) is 5.32 Å². The maximum Gasteiger partial charge on any atom is 0.0510 e. The van der Waals surface area contributed by atoms with Crippen molar-refractivity contribution in [2.45, 2.75) is 6.42 Å². The van der Waals surface area contributed by atoms with Gasteiger partial charge in [-0.05, 0) is 24.8 Å². The minimum absolute atomic E-state index is 0.832. The molecule has 2 saturated heterocycles. The second-order valence-electron chi connectivity index (χ2n) is 3.05. The summed E-state index contributed by atoms with van der Waals surface area (Å²) in [5.74, 6) is 1.71. The average molecular weight is 127 g/mol. The van der Waals surface area contributed by atoms with Crippen LogP contribution in [-0.4, -0.2) is 26.3 Å². The molecular weight excluding hydrogens is 114 g/mol. The van der Waals surface area contributed by atoms with Crippen molar-refractivity contribution in [2.24, 2.45) is 11.8 Å². The molecule has 0 bridgehead atoms. The standard InChI is InChI=1S/C7H13NO/c1-2-8-3-7-5-9-4-6(1)7/h6-8H,1-5H2/t6-,7-/m0/s1. The summed E-state index contributed by atoms with van der Waals surface area (Å²) in [5.41, 5.74) is 0. The summed E-state index contributed by atoms with van der Waals surface area (Å²) in [4.78, 5) is 0. The normalized spacial score (nSPS) is 42.7. The van der Waals surface area contributed by atoms with E-state index in [0.29, 0.717) is 0 Å². The van der Waals surface area contributed by atoms with Crippen LogP contribution in [0.2, 0.25) is 0 Å². The Morgan fingerprint density at radius 2 is 2.11 bits per heavy atom. The zero-order chi connectivity index (χ0) is 6.10. The van der Waals surface area contributed by atoms with Crippen molar-refractivity contribution in [3.8, 4) is 0 Å². The van der Waals surface area contributed by atoms with E-state index < -0.39 is 0 Å². The Bertz CT molecular complexity index is 93.1. The number of rotatable bonds is 0. The van der Waals surface area contributed by atoms with Crippen LogP contribution in [0.5, 0.6) is 0 Å². The number of ether oxygens (including phenoxy) is 1. The average Bonchev–Trinajstić information content (AvgIpc) is 2.33. The molecule has 2 aliphatic heterocycles. The summed E-state index contributed by atoms with van der Waals surface area (Å²) in [5, 5.41) is 3.38. The first-order valence-corrected chi connectivity index (χ1v) is 3.75. The van der Waals surface area contributed by atoms with Crippen LogP contribution in [0.15, 0.2) is 0 Å². The lowest BCUT2D eigenvalue weighted by molar-refractivity contribution is 0.182. The lowest BCUT2D eigenvalue weighted by atomic mass is 9.90. The van der Waals surface area contributed by atoms with E-state index in [9.17, 15) is 0 Å². The first-order valence-electron chi connectivity index (χ1n) is 3.75. The molecule has 2 heterocycles. The molecule has 0 amide bonds. The molecule has 52 valence electrons. The molecule has 0 aromatic carbocycles. The largest absolute Gasteiger partial charge is 0.381 e. The van der Waals surface area contributed by atoms with Crippen molar-refractivity contribution in [1.82, 2.24) is 5.32 Å². The van der Waals surface area contributed by atoms with Gasteiger partial charge >= 0.3 is 0 Å². The van der Waals surface area contributed by atoms with Crippen LogP contribution in [-0.2, 0) is 4.74 Å². The van der Waals surface area contributed by atoms with Gasteiger partial charge < -0.3 is 10.1 Å². The molecule has 0 aliphatic carbocycles. The van der Waals surface area contributed by atoms with Crippen molar-refractivity contribution in [1.29, 1.82) is 0 Å². The maximum atomic E-state index is 5.35. The van der Waals surface area contributed by atoms with Crippen LogP contribution in [0.3, 0.4) is 0 Å². The van der Waals surface area contributed by atoms with E-state index in [0.717, 1.165) is 25.0 Å². The SMILES string of the molecule is C1C[C@H]2COC[C@@H]2CN1. The third-order valence-corrected chi connectivity index (χ3v) is 2.43. The van der Waals surface area contributed by atoms with Crippen LogP contribution in [0.4, 0.5) is 0 Å². The van der Waals surface area contributed by atoms with Crippen LogP contribution in [0.25, 0.3) is 0 Å². The Kier molecular flexibility index (Phi) is 1.44. The predicted octanol–water partition coefficient (Wildman–Crippen LogP) is 0.242. The van der Waals surface area contributed by atoms with E-state index in [4.69, 9.17) is 4.74 Å². The third-order valence-electron chi connectivity index (χ3n) is 2.43. The second kappa shape index (κ2) is 2.27. The molecule has 2 aliphatic rings. The van der Waals surface area contributed by atoms with Crippen molar-refractivity contribution >= 4 is 0 Å². The van der Waals surface area contributed by atoms with Crippen molar-refractivity contribution in [3.63, 3.8) is 0 Å². The maximum absolute atomic E-state index is 5.35. The number of piperidine rings is 1. The van der Waals surface area contributed by atoms with Gasteiger partial charge in [0.25, 0.3) is 0 Å². The van der Waals surface area contributed by atoms with Gasteiger partial charge in [-0.15, -0.1) is 0 Å². The third kappa shape index (κ3) is 0.970. The highest BCUT2D eigenvalue weighted by Crippen LogP contribution is 2.25. The molecule has 2 nitrogen and oxygen atoms in total. The molecule has 2 fully saturated rings. The van der Waals surface area contributed by atoms with Gasteiger partial charge in [-0.2, -0.15) is 0 Å². The monoisotopic (exact) mass is 127 g/mol. The highest BCUT2D eigenvalue weighted by atomic mass is 16.5. The summed E-state index contributed by atoms with van der Waals surface area (Å²) in [6.07, 6.45) is 1.32. The summed E-state index contributed by atoms with van der Waals surface area (Å²) in [6, 6.07) is 0. The van der Waals surface area contributed by atoms with Crippen LogP contribution >= 0.6 is 0 Å². The number of hydrogen-bond donors (Lipinski definition) is 1. The van der Waals surface area contributed by atoms with Gasteiger partial charge in [-0.1, -0.05) is 0 Å². The van der Waals surface area contributed by atoms with Gasteiger partial charge in [0.2, 0.25) is 0 Å². The molecular formula is C7H13NO. The summed E-state index contributed by atoms with van der Waals surface area (Å²) in [7, 11) is 0. The minimum Gasteiger partial charge on any atom is -0.381 e. The van der Waals surface area contributed by atoms with E-state index in [-0.39, 0.29) is 0 Å². The fourth-order valence-corrected chi connectivity index (χ4v) is 1.76. The quantitative estimate of drug-likeness (QED) is 0.503. The smallest absolute Gasteiger partial charge is 0.0510 e. The molecule has 0 spiro atoms. The van der Waals surface area contributed by atoms with Crippen molar-refractivity contribution < 1.29 is 4.74 Å². The number of hydrogen-bond acceptors (Lipinski definition) is 2. The van der Waals surface area contributed by atoms with Gasteiger partial charge in [0.15, 0.2) is 0 Å². The van der Waals surface area contributed by atoms with Gasteiger partial charge in [-0.25, -0.2) is 0 Å². The van der Waals surface area contributed by atoms with Gasteiger partial charge in [-0.3, -0.25) is 0 Å². The Hall–Kier alpha value is -0.0800. The lowest BCUT2D eigenvalue weighted by Crippen LogP contribution is -2.35. The van der Waals surface area contributed by atoms with Gasteiger partial charge in [0.1, 0.15) is 0 Å². The molecule has 0 radical (unpaired) electrons. The summed E-state index contributed by atoms with van der Waals surface area (Å²) < 4.78 is 5.35. The summed E-state index contributed by atoms with van der Waals surface area (Å²) in [6.45, 7) is 4.40. The second-order valence-corrected chi connectivity index (χ2v) is 3.05. The molecule has 9 heavy (non-hydrogen) atoms. The van der Waals surface area contributed by atoms with E-state index in [1.54, 1.807) is 0 Å². The molecule has 0 aromatic rings.